The lowest BCUT2D eigenvalue weighted by atomic mass is 10.0. The topological polar surface area (TPSA) is 29.3 Å². The molecule has 2 nitrogen and oxygen atoms in total. The number of nitrogens with zero attached hydrogens (tertiary/aromatic N) is 1. The van der Waals surface area contributed by atoms with Crippen LogP contribution in [0, 0.1) is 13.8 Å². The molecule has 0 aliphatic rings. The molecule has 1 unspecified atom stereocenters. The fourth-order valence-electron chi connectivity index (χ4n) is 2.74. The van der Waals surface area contributed by atoms with Crippen LogP contribution in [0.1, 0.15) is 61.4 Å². The third kappa shape index (κ3) is 4.59. The number of nitrogens with two attached hydrogens (primary N) is 1. The van der Waals surface area contributed by atoms with Crippen LogP contribution in [0.15, 0.2) is 6.07 Å². The maximum absolute atomic E-state index is 6.09. The normalized spacial score (nSPS) is 13.5. The minimum Gasteiger partial charge on any atom is -0.329 e. The molecule has 1 aromatic rings. The highest BCUT2D eigenvalue weighted by molar-refractivity contribution is 7.12. The van der Waals surface area contributed by atoms with Crippen molar-refractivity contribution in [2.24, 2.45) is 5.73 Å². The van der Waals surface area contributed by atoms with Gasteiger partial charge >= 0.3 is 0 Å². The van der Waals surface area contributed by atoms with E-state index in [0.29, 0.717) is 18.6 Å². The Morgan fingerprint density at radius 3 is 2.37 bits per heavy atom. The molecule has 0 aliphatic heterocycles. The smallest absolute Gasteiger partial charge is 0.0484 e. The SMILES string of the molecule is CCCCCN(C(C)C)C(CN)c1cc(C)sc1C. The van der Waals surface area contributed by atoms with E-state index in [4.69, 9.17) is 5.73 Å². The molecule has 0 saturated heterocycles. The average molecular weight is 282 g/mol. The van der Waals surface area contributed by atoms with Gasteiger partial charge in [-0.15, -0.1) is 11.3 Å². The number of hydrogen-bond acceptors (Lipinski definition) is 3. The highest BCUT2D eigenvalue weighted by Crippen LogP contribution is 2.31. The Kier molecular flexibility index (Phi) is 7.05. The summed E-state index contributed by atoms with van der Waals surface area (Å²) < 4.78 is 0. The number of aryl methyl sites for hydroxylation is 2. The summed E-state index contributed by atoms with van der Waals surface area (Å²) in [6, 6.07) is 3.25. The molecule has 0 aliphatic carbocycles. The van der Waals surface area contributed by atoms with Crippen LogP contribution in [0.25, 0.3) is 0 Å². The van der Waals surface area contributed by atoms with Crippen molar-refractivity contribution in [2.75, 3.05) is 13.1 Å². The first kappa shape index (κ1) is 16.7. The fraction of sp³-hybridized carbons (Fsp3) is 0.750. The third-order valence-corrected chi connectivity index (χ3v) is 4.73. The van der Waals surface area contributed by atoms with Gasteiger partial charge in [-0.1, -0.05) is 19.8 Å². The van der Waals surface area contributed by atoms with E-state index in [0.717, 1.165) is 6.54 Å². The van der Waals surface area contributed by atoms with Gasteiger partial charge in [0.05, 0.1) is 0 Å². The summed E-state index contributed by atoms with van der Waals surface area (Å²) in [4.78, 5) is 5.39. The molecular weight excluding hydrogens is 252 g/mol. The van der Waals surface area contributed by atoms with Gasteiger partial charge in [0.25, 0.3) is 0 Å². The standard InChI is InChI=1S/C16H30N2S/c1-6-7-8-9-18(12(2)3)16(11-17)15-10-13(4)19-14(15)5/h10,12,16H,6-9,11,17H2,1-5H3. The second kappa shape index (κ2) is 8.03. The monoisotopic (exact) mass is 282 g/mol. The molecule has 0 bridgehead atoms. The van der Waals surface area contributed by atoms with Gasteiger partial charge < -0.3 is 5.73 Å². The van der Waals surface area contributed by atoms with Crippen molar-refractivity contribution >= 4 is 11.3 Å². The molecule has 19 heavy (non-hydrogen) atoms. The molecule has 0 amide bonds. The van der Waals surface area contributed by atoms with Crippen LogP contribution >= 0.6 is 11.3 Å². The molecule has 0 spiro atoms. The molecule has 1 aromatic heterocycles. The summed E-state index contributed by atoms with van der Waals surface area (Å²) in [6.45, 7) is 13.1. The molecule has 0 saturated carbocycles. The second-order valence-electron chi connectivity index (χ2n) is 5.66. The summed E-state index contributed by atoms with van der Waals surface area (Å²) in [7, 11) is 0. The zero-order valence-corrected chi connectivity index (χ0v) is 14.0. The maximum Gasteiger partial charge on any atom is 0.0484 e. The summed E-state index contributed by atoms with van der Waals surface area (Å²) >= 11 is 1.89. The van der Waals surface area contributed by atoms with Crippen molar-refractivity contribution in [3.8, 4) is 0 Å². The minimum atomic E-state index is 0.377. The summed E-state index contributed by atoms with van der Waals surface area (Å²) in [5.74, 6) is 0. The van der Waals surface area contributed by atoms with E-state index in [1.54, 1.807) is 0 Å². The highest BCUT2D eigenvalue weighted by atomic mass is 32.1. The van der Waals surface area contributed by atoms with Gasteiger partial charge in [-0.2, -0.15) is 0 Å². The van der Waals surface area contributed by atoms with Crippen molar-refractivity contribution < 1.29 is 0 Å². The Bertz CT molecular complexity index is 371. The Hall–Kier alpha value is -0.380. The predicted molar refractivity (Wildman–Crippen MR) is 87.0 cm³/mol. The third-order valence-electron chi connectivity index (χ3n) is 3.75. The van der Waals surface area contributed by atoms with E-state index in [2.05, 4.69) is 45.6 Å². The van der Waals surface area contributed by atoms with Crippen LogP contribution in [-0.4, -0.2) is 24.0 Å². The molecule has 0 radical (unpaired) electrons. The fourth-order valence-corrected chi connectivity index (χ4v) is 3.72. The highest BCUT2D eigenvalue weighted by Gasteiger charge is 2.23. The second-order valence-corrected chi connectivity index (χ2v) is 7.12. The van der Waals surface area contributed by atoms with Crippen molar-refractivity contribution in [2.45, 2.75) is 66.0 Å². The summed E-state index contributed by atoms with van der Waals surface area (Å²) in [6.07, 6.45) is 3.85. The molecule has 110 valence electrons. The lowest BCUT2D eigenvalue weighted by Crippen LogP contribution is -2.39. The van der Waals surface area contributed by atoms with E-state index in [9.17, 15) is 0 Å². The predicted octanol–water partition coefficient (Wildman–Crippen LogP) is 4.27. The lowest BCUT2D eigenvalue weighted by molar-refractivity contribution is 0.154. The van der Waals surface area contributed by atoms with Crippen LogP contribution in [0.5, 0.6) is 0 Å². The molecule has 0 fully saturated rings. The molecule has 1 heterocycles. The number of thiophene rings is 1. The maximum atomic E-state index is 6.09. The van der Waals surface area contributed by atoms with Crippen molar-refractivity contribution in [3.05, 3.63) is 21.4 Å². The van der Waals surface area contributed by atoms with Gasteiger partial charge in [-0.3, -0.25) is 4.90 Å². The van der Waals surface area contributed by atoms with Gasteiger partial charge in [0.15, 0.2) is 0 Å². The van der Waals surface area contributed by atoms with E-state index in [-0.39, 0.29) is 0 Å². The van der Waals surface area contributed by atoms with Crippen LogP contribution in [0.2, 0.25) is 0 Å². The first-order valence-electron chi connectivity index (χ1n) is 7.54. The van der Waals surface area contributed by atoms with Crippen LogP contribution in [0.3, 0.4) is 0 Å². The Morgan fingerprint density at radius 2 is 1.95 bits per heavy atom. The van der Waals surface area contributed by atoms with E-state index >= 15 is 0 Å². The molecule has 0 aromatic carbocycles. The summed E-state index contributed by atoms with van der Waals surface area (Å²) in [5.41, 5.74) is 7.53. The molecule has 2 N–H and O–H groups in total. The largest absolute Gasteiger partial charge is 0.329 e. The zero-order chi connectivity index (χ0) is 14.4. The van der Waals surface area contributed by atoms with E-state index < -0.39 is 0 Å². The van der Waals surface area contributed by atoms with Crippen molar-refractivity contribution in [3.63, 3.8) is 0 Å². The Balaban J connectivity index is 2.87. The Labute approximate surface area is 123 Å². The van der Waals surface area contributed by atoms with Crippen LogP contribution in [0.4, 0.5) is 0 Å². The lowest BCUT2D eigenvalue weighted by Gasteiger charge is -2.34. The van der Waals surface area contributed by atoms with Gasteiger partial charge in [-0.25, -0.2) is 0 Å². The van der Waals surface area contributed by atoms with Crippen LogP contribution in [-0.2, 0) is 0 Å². The van der Waals surface area contributed by atoms with Crippen molar-refractivity contribution in [1.82, 2.24) is 4.90 Å². The van der Waals surface area contributed by atoms with E-state index in [1.165, 1.54) is 34.6 Å². The molecule has 1 atom stereocenters. The summed E-state index contributed by atoms with van der Waals surface area (Å²) in [5, 5.41) is 0. The first-order chi connectivity index (χ1) is 9.01. The average Bonchev–Trinajstić information content (AvgIpc) is 2.67. The zero-order valence-electron chi connectivity index (χ0n) is 13.2. The number of rotatable bonds is 8. The van der Waals surface area contributed by atoms with Gasteiger partial charge in [-0.05, 0) is 52.3 Å². The van der Waals surface area contributed by atoms with Gasteiger partial charge in [0.2, 0.25) is 0 Å². The minimum absolute atomic E-state index is 0.377. The quantitative estimate of drug-likeness (QED) is 0.722. The van der Waals surface area contributed by atoms with Gasteiger partial charge in [0.1, 0.15) is 0 Å². The Morgan fingerprint density at radius 1 is 1.26 bits per heavy atom. The van der Waals surface area contributed by atoms with E-state index in [1.807, 2.05) is 11.3 Å². The molecular formula is C16H30N2S. The number of unbranched alkanes of at least 4 members (excludes halogenated alkanes) is 2. The van der Waals surface area contributed by atoms with Gasteiger partial charge in [0, 0.05) is 28.4 Å². The van der Waals surface area contributed by atoms with Crippen LogP contribution < -0.4 is 5.73 Å². The molecule has 3 heteroatoms. The first-order valence-corrected chi connectivity index (χ1v) is 8.35. The van der Waals surface area contributed by atoms with Crippen molar-refractivity contribution in [1.29, 1.82) is 0 Å². The molecule has 1 rings (SSSR count). The number of hydrogen-bond donors (Lipinski definition) is 1.